The second-order valence-electron chi connectivity index (χ2n) is 4.39. The fourth-order valence-corrected chi connectivity index (χ4v) is 1.97. The summed E-state index contributed by atoms with van der Waals surface area (Å²) < 4.78 is 4.97. The van der Waals surface area contributed by atoms with Crippen molar-refractivity contribution in [2.45, 2.75) is 19.8 Å². The van der Waals surface area contributed by atoms with Gasteiger partial charge in [-0.1, -0.05) is 35.4 Å². The summed E-state index contributed by atoms with van der Waals surface area (Å²) in [6.07, 6.45) is 4.30. The zero-order valence-corrected chi connectivity index (χ0v) is 12.0. The maximum Gasteiger partial charge on any atom is 0.0587 e. The number of benzene rings is 1. The van der Waals surface area contributed by atoms with Gasteiger partial charge in [-0.05, 0) is 44.0 Å². The molecule has 1 aromatic rings. The largest absolute Gasteiger partial charge is 0.383 e. The zero-order valence-electron chi connectivity index (χ0n) is 11.2. The van der Waals surface area contributed by atoms with Crippen LogP contribution in [0.5, 0.6) is 0 Å². The van der Waals surface area contributed by atoms with Crippen molar-refractivity contribution in [2.75, 3.05) is 26.8 Å². The van der Waals surface area contributed by atoms with Crippen LogP contribution in [0.3, 0.4) is 0 Å². The normalized spacial score (nSPS) is 11.8. The summed E-state index contributed by atoms with van der Waals surface area (Å²) in [5.74, 6) is 0. The van der Waals surface area contributed by atoms with E-state index in [0.717, 1.165) is 37.6 Å². The van der Waals surface area contributed by atoms with Gasteiger partial charge in [0.1, 0.15) is 0 Å². The first-order chi connectivity index (χ1) is 8.72. The zero-order chi connectivity index (χ0) is 13.2. The monoisotopic (exact) mass is 267 g/mol. The van der Waals surface area contributed by atoms with Gasteiger partial charge < -0.3 is 10.1 Å². The number of halogens is 1. The van der Waals surface area contributed by atoms with Crippen molar-refractivity contribution in [1.82, 2.24) is 5.32 Å². The Morgan fingerprint density at radius 2 is 2.22 bits per heavy atom. The Morgan fingerprint density at radius 3 is 2.94 bits per heavy atom. The Balaban J connectivity index is 2.25. The van der Waals surface area contributed by atoms with Crippen LogP contribution in [0, 0.1) is 0 Å². The first-order valence-corrected chi connectivity index (χ1v) is 6.70. The molecule has 0 heterocycles. The van der Waals surface area contributed by atoms with E-state index in [2.05, 4.69) is 24.4 Å². The van der Waals surface area contributed by atoms with Crippen molar-refractivity contribution in [3.8, 4) is 0 Å². The molecular weight excluding hydrogens is 246 g/mol. The predicted molar refractivity (Wildman–Crippen MR) is 78.3 cm³/mol. The minimum absolute atomic E-state index is 0.769. The van der Waals surface area contributed by atoms with E-state index in [1.807, 2.05) is 18.2 Å². The van der Waals surface area contributed by atoms with Crippen LogP contribution in [0.15, 0.2) is 35.9 Å². The molecule has 2 nitrogen and oxygen atoms in total. The first-order valence-electron chi connectivity index (χ1n) is 6.32. The van der Waals surface area contributed by atoms with Gasteiger partial charge in [-0.15, -0.1) is 0 Å². The summed E-state index contributed by atoms with van der Waals surface area (Å²) in [5.41, 5.74) is 2.65. The molecular formula is C15H22ClNO. The van der Waals surface area contributed by atoms with Crippen LogP contribution >= 0.6 is 11.6 Å². The van der Waals surface area contributed by atoms with E-state index in [1.54, 1.807) is 7.11 Å². The minimum Gasteiger partial charge on any atom is -0.383 e. The number of allylic oxidation sites excluding steroid dienone is 1. The molecule has 0 aromatic heterocycles. The molecule has 0 aliphatic carbocycles. The lowest BCUT2D eigenvalue weighted by Crippen LogP contribution is -2.19. The maximum absolute atomic E-state index is 5.96. The van der Waals surface area contributed by atoms with Crippen molar-refractivity contribution in [3.05, 3.63) is 46.5 Å². The fraction of sp³-hybridized carbons (Fsp3) is 0.467. The van der Waals surface area contributed by atoms with Gasteiger partial charge in [-0.3, -0.25) is 0 Å². The number of ether oxygens (including phenoxy) is 1. The molecule has 1 N–H and O–H groups in total. The summed E-state index contributed by atoms with van der Waals surface area (Å²) >= 11 is 5.96. The molecule has 0 amide bonds. The summed E-state index contributed by atoms with van der Waals surface area (Å²) in [6, 6.07) is 8.04. The average Bonchev–Trinajstić information content (AvgIpc) is 2.33. The highest BCUT2D eigenvalue weighted by molar-refractivity contribution is 6.30. The van der Waals surface area contributed by atoms with Gasteiger partial charge in [0.2, 0.25) is 0 Å². The highest BCUT2D eigenvalue weighted by Crippen LogP contribution is 2.14. The molecule has 18 heavy (non-hydrogen) atoms. The molecule has 100 valence electrons. The topological polar surface area (TPSA) is 21.3 Å². The number of nitrogens with one attached hydrogen (secondary N) is 1. The van der Waals surface area contributed by atoms with Crippen molar-refractivity contribution < 1.29 is 4.74 Å². The minimum atomic E-state index is 0.769. The quantitative estimate of drug-likeness (QED) is 0.575. The van der Waals surface area contributed by atoms with Crippen LogP contribution in [0.4, 0.5) is 0 Å². The molecule has 0 saturated heterocycles. The SMILES string of the molecule is COCCNCCC=C(C)Cc1cccc(Cl)c1. The molecule has 0 bridgehead atoms. The highest BCUT2D eigenvalue weighted by atomic mass is 35.5. The summed E-state index contributed by atoms with van der Waals surface area (Å²) in [4.78, 5) is 0. The van der Waals surface area contributed by atoms with Crippen molar-refractivity contribution in [3.63, 3.8) is 0 Å². The lowest BCUT2D eigenvalue weighted by Gasteiger charge is -2.04. The smallest absolute Gasteiger partial charge is 0.0587 e. The Labute approximate surface area is 115 Å². The molecule has 3 heteroatoms. The van der Waals surface area contributed by atoms with Gasteiger partial charge in [0.15, 0.2) is 0 Å². The lowest BCUT2D eigenvalue weighted by molar-refractivity contribution is 0.199. The molecule has 1 aromatic carbocycles. The number of hydrogen-bond acceptors (Lipinski definition) is 2. The second-order valence-corrected chi connectivity index (χ2v) is 4.83. The third-order valence-corrected chi connectivity index (χ3v) is 2.90. The van der Waals surface area contributed by atoms with Crippen LogP contribution in [0.2, 0.25) is 5.02 Å². The molecule has 0 atom stereocenters. The molecule has 1 rings (SSSR count). The Hall–Kier alpha value is -0.830. The van der Waals surface area contributed by atoms with Gasteiger partial charge in [0.25, 0.3) is 0 Å². The molecule has 0 radical (unpaired) electrons. The number of methoxy groups -OCH3 is 1. The molecule has 0 spiro atoms. The maximum atomic E-state index is 5.96. The molecule has 0 unspecified atom stereocenters. The second kappa shape index (κ2) is 9.15. The van der Waals surface area contributed by atoms with Gasteiger partial charge in [0.05, 0.1) is 6.61 Å². The Bertz CT molecular complexity index is 377. The van der Waals surface area contributed by atoms with Crippen LogP contribution in [0.25, 0.3) is 0 Å². The fourth-order valence-electron chi connectivity index (χ4n) is 1.76. The van der Waals surface area contributed by atoms with Gasteiger partial charge in [-0.2, -0.15) is 0 Å². The van der Waals surface area contributed by atoms with Crippen molar-refractivity contribution in [1.29, 1.82) is 0 Å². The average molecular weight is 268 g/mol. The predicted octanol–water partition coefficient (Wildman–Crippen LogP) is 3.45. The van der Waals surface area contributed by atoms with Crippen molar-refractivity contribution >= 4 is 11.6 Å². The van der Waals surface area contributed by atoms with E-state index < -0.39 is 0 Å². The van der Waals surface area contributed by atoms with Gasteiger partial charge in [-0.25, -0.2) is 0 Å². The lowest BCUT2D eigenvalue weighted by atomic mass is 10.1. The van der Waals surface area contributed by atoms with Crippen LogP contribution in [0.1, 0.15) is 18.9 Å². The Morgan fingerprint density at radius 1 is 1.39 bits per heavy atom. The number of rotatable bonds is 8. The van der Waals surface area contributed by atoms with E-state index in [0.29, 0.717) is 0 Å². The van der Waals surface area contributed by atoms with E-state index >= 15 is 0 Å². The van der Waals surface area contributed by atoms with E-state index in [4.69, 9.17) is 16.3 Å². The van der Waals surface area contributed by atoms with E-state index in [-0.39, 0.29) is 0 Å². The summed E-state index contributed by atoms with van der Waals surface area (Å²) in [5, 5.41) is 4.13. The number of hydrogen-bond donors (Lipinski definition) is 1. The van der Waals surface area contributed by atoms with Crippen molar-refractivity contribution in [2.24, 2.45) is 0 Å². The van der Waals surface area contributed by atoms with Gasteiger partial charge >= 0.3 is 0 Å². The standard InChI is InChI=1S/C15H22ClNO/c1-13(5-4-8-17-9-10-18-2)11-14-6-3-7-15(16)12-14/h3,5-7,12,17H,4,8-11H2,1-2H3. The first kappa shape index (κ1) is 15.2. The van der Waals surface area contributed by atoms with Gasteiger partial charge in [0, 0.05) is 18.7 Å². The van der Waals surface area contributed by atoms with E-state index in [9.17, 15) is 0 Å². The molecule has 0 aliphatic heterocycles. The van der Waals surface area contributed by atoms with Crippen LogP contribution in [-0.2, 0) is 11.2 Å². The van der Waals surface area contributed by atoms with Crippen LogP contribution < -0.4 is 5.32 Å². The van der Waals surface area contributed by atoms with Crippen LogP contribution in [-0.4, -0.2) is 26.8 Å². The molecule has 0 aliphatic rings. The third-order valence-electron chi connectivity index (χ3n) is 2.67. The Kier molecular flexibility index (Phi) is 7.74. The third kappa shape index (κ3) is 6.80. The highest BCUT2D eigenvalue weighted by Gasteiger charge is 1.96. The molecule has 0 fully saturated rings. The van der Waals surface area contributed by atoms with E-state index in [1.165, 1.54) is 11.1 Å². The summed E-state index contributed by atoms with van der Waals surface area (Å²) in [7, 11) is 1.72. The summed E-state index contributed by atoms with van der Waals surface area (Å²) in [6.45, 7) is 4.84. The molecule has 0 saturated carbocycles.